The van der Waals surface area contributed by atoms with Crippen molar-refractivity contribution in [3.8, 4) is 0 Å². The quantitative estimate of drug-likeness (QED) is 0.787. The number of hydrogen-bond acceptors (Lipinski definition) is 3. The zero-order chi connectivity index (χ0) is 9.97. The Morgan fingerprint density at radius 2 is 2.57 bits per heavy atom. The van der Waals surface area contributed by atoms with Crippen LogP contribution in [0.1, 0.15) is 12.2 Å². The molecule has 1 saturated heterocycles. The van der Waals surface area contributed by atoms with Gasteiger partial charge in [0.1, 0.15) is 5.76 Å². The predicted molar refractivity (Wildman–Crippen MR) is 49.7 cm³/mol. The van der Waals surface area contributed by atoms with E-state index in [0.29, 0.717) is 6.54 Å². The second-order valence-corrected chi connectivity index (χ2v) is 3.64. The Labute approximate surface area is 82.1 Å². The largest absolute Gasteiger partial charge is 0.481 e. The van der Waals surface area contributed by atoms with E-state index < -0.39 is 5.97 Å². The summed E-state index contributed by atoms with van der Waals surface area (Å²) in [6.07, 6.45) is 2.39. The third-order valence-electron chi connectivity index (χ3n) is 2.58. The van der Waals surface area contributed by atoms with Crippen molar-refractivity contribution >= 4 is 5.97 Å². The Morgan fingerprint density at radius 3 is 3.14 bits per heavy atom. The second kappa shape index (κ2) is 3.84. The van der Waals surface area contributed by atoms with Gasteiger partial charge in [0.05, 0.1) is 18.7 Å². The molecular formula is C10H13NO3. The molecule has 0 saturated carbocycles. The van der Waals surface area contributed by atoms with E-state index in [-0.39, 0.29) is 5.92 Å². The van der Waals surface area contributed by atoms with E-state index in [0.717, 1.165) is 25.3 Å². The third kappa shape index (κ3) is 1.96. The summed E-state index contributed by atoms with van der Waals surface area (Å²) in [4.78, 5) is 12.8. The molecule has 0 spiro atoms. The molecule has 1 fully saturated rings. The molecule has 0 aromatic carbocycles. The third-order valence-corrected chi connectivity index (χ3v) is 2.58. The monoisotopic (exact) mass is 195 g/mol. The lowest BCUT2D eigenvalue weighted by Gasteiger charge is -2.12. The van der Waals surface area contributed by atoms with Crippen molar-refractivity contribution in [1.82, 2.24) is 4.90 Å². The molecule has 4 heteroatoms. The minimum atomic E-state index is -0.688. The van der Waals surface area contributed by atoms with Gasteiger partial charge in [-0.3, -0.25) is 9.69 Å². The molecule has 1 aromatic rings. The van der Waals surface area contributed by atoms with Crippen molar-refractivity contribution in [2.45, 2.75) is 13.0 Å². The molecule has 0 radical (unpaired) electrons. The van der Waals surface area contributed by atoms with Crippen molar-refractivity contribution in [1.29, 1.82) is 0 Å². The molecule has 0 bridgehead atoms. The van der Waals surface area contributed by atoms with E-state index in [4.69, 9.17) is 9.52 Å². The average molecular weight is 195 g/mol. The number of furan rings is 1. The number of carbonyl (C=O) groups is 1. The Bertz CT molecular complexity index is 307. The van der Waals surface area contributed by atoms with Crippen molar-refractivity contribution in [2.75, 3.05) is 13.1 Å². The van der Waals surface area contributed by atoms with Crippen LogP contribution in [-0.2, 0) is 11.3 Å². The first-order chi connectivity index (χ1) is 6.75. The van der Waals surface area contributed by atoms with Gasteiger partial charge in [-0.1, -0.05) is 0 Å². The minimum Gasteiger partial charge on any atom is -0.481 e. The molecule has 1 N–H and O–H groups in total. The topological polar surface area (TPSA) is 53.7 Å². The first-order valence-corrected chi connectivity index (χ1v) is 4.73. The zero-order valence-electron chi connectivity index (χ0n) is 7.85. The van der Waals surface area contributed by atoms with E-state index in [1.54, 1.807) is 6.26 Å². The van der Waals surface area contributed by atoms with Crippen LogP contribution in [0.25, 0.3) is 0 Å². The van der Waals surface area contributed by atoms with Crippen LogP contribution in [0.15, 0.2) is 22.8 Å². The molecule has 0 aliphatic carbocycles. The van der Waals surface area contributed by atoms with Gasteiger partial charge in [0, 0.05) is 6.54 Å². The fourth-order valence-corrected chi connectivity index (χ4v) is 1.80. The van der Waals surface area contributed by atoms with Gasteiger partial charge < -0.3 is 9.52 Å². The average Bonchev–Trinajstić information content (AvgIpc) is 2.75. The summed E-state index contributed by atoms with van der Waals surface area (Å²) in [5, 5.41) is 8.81. The van der Waals surface area contributed by atoms with Gasteiger partial charge in [0.25, 0.3) is 0 Å². The number of aliphatic carboxylic acids is 1. The van der Waals surface area contributed by atoms with Gasteiger partial charge >= 0.3 is 5.97 Å². The van der Waals surface area contributed by atoms with E-state index in [1.807, 2.05) is 12.1 Å². The first-order valence-electron chi connectivity index (χ1n) is 4.73. The molecular weight excluding hydrogens is 182 g/mol. The molecule has 4 nitrogen and oxygen atoms in total. The molecule has 14 heavy (non-hydrogen) atoms. The Morgan fingerprint density at radius 1 is 1.71 bits per heavy atom. The van der Waals surface area contributed by atoms with E-state index >= 15 is 0 Å². The molecule has 0 amide bonds. The lowest BCUT2D eigenvalue weighted by Crippen LogP contribution is -2.22. The van der Waals surface area contributed by atoms with Crippen LogP contribution in [0, 0.1) is 5.92 Å². The number of nitrogens with zero attached hydrogens (tertiary/aromatic N) is 1. The second-order valence-electron chi connectivity index (χ2n) is 3.64. The lowest BCUT2D eigenvalue weighted by molar-refractivity contribution is -0.141. The number of rotatable bonds is 3. The molecule has 1 aromatic heterocycles. The normalized spacial score (nSPS) is 22.7. The van der Waals surface area contributed by atoms with E-state index in [2.05, 4.69) is 4.90 Å². The number of likely N-dealkylation sites (tertiary alicyclic amines) is 1. The van der Waals surface area contributed by atoms with Crippen molar-refractivity contribution < 1.29 is 14.3 Å². The standard InChI is InChI=1S/C10H13NO3/c12-10(13)8-3-4-11(6-8)7-9-2-1-5-14-9/h1-2,5,8H,3-4,6-7H2,(H,12,13)/t8-/m1/s1. The number of carboxylic acid groups (broad SMARTS) is 1. The van der Waals surface area contributed by atoms with Gasteiger partial charge in [0.2, 0.25) is 0 Å². The Balaban J connectivity index is 1.87. The van der Waals surface area contributed by atoms with Gasteiger partial charge in [-0.2, -0.15) is 0 Å². The fraction of sp³-hybridized carbons (Fsp3) is 0.500. The van der Waals surface area contributed by atoms with Crippen LogP contribution < -0.4 is 0 Å². The maximum Gasteiger partial charge on any atom is 0.307 e. The molecule has 1 aliphatic heterocycles. The zero-order valence-corrected chi connectivity index (χ0v) is 7.85. The van der Waals surface area contributed by atoms with Crippen molar-refractivity contribution in [3.05, 3.63) is 24.2 Å². The smallest absolute Gasteiger partial charge is 0.307 e. The van der Waals surface area contributed by atoms with Crippen LogP contribution in [0.4, 0.5) is 0 Å². The summed E-state index contributed by atoms with van der Waals surface area (Å²) in [6, 6.07) is 3.76. The summed E-state index contributed by atoms with van der Waals surface area (Å²) >= 11 is 0. The summed E-state index contributed by atoms with van der Waals surface area (Å²) < 4.78 is 5.20. The molecule has 2 rings (SSSR count). The highest BCUT2D eigenvalue weighted by Crippen LogP contribution is 2.18. The van der Waals surface area contributed by atoms with Crippen molar-refractivity contribution in [2.24, 2.45) is 5.92 Å². The highest BCUT2D eigenvalue weighted by molar-refractivity contribution is 5.70. The predicted octanol–water partition coefficient (Wildman–Crippen LogP) is 1.19. The highest BCUT2D eigenvalue weighted by atomic mass is 16.4. The summed E-state index contributed by atoms with van der Waals surface area (Å²) in [5.74, 6) is 0.00736. The number of hydrogen-bond donors (Lipinski definition) is 1. The maximum absolute atomic E-state index is 10.7. The number of carboxylic acids is 1. The van der Waals surface area contributed by atoms with Crippen LogP contribution in [0.3, 0.4) is 0 Å². The molecule has 1 atom stereocenters. The Kier molecular flexibility index (Phi) is 2.54. The lowest BCUT2D eigenvalue weighted by atomic mass is 10.1. The minimum absolute atomic E-state index is 0.204. The van der Waals surface area contributed by atoms with Crippen molar-refractivity contribution in [3.63, 3.8) is 0 Å². The molecule has 0 unspecified atom stereocenters. The molecule has 1 aliphatic rings. The first kappa shape index (κ1) is 9.27. The summed E-state index contributed by atoms with van der Waals surface area (Å²) in [5.41, 5.74) is 0. The van der Waals surface area contributed by atoms with Crippen LogP contribution >= 0.6 is 0 Å². The Hall–Kier alpha value is -1.29. The van der Waals surface area contributed by atoms with Crippen LogP contribution in [-0.4, -0.2) is 29.1 Å². The fourth-order valence-electron chi connectivity index (χ4n) is 1.80. The van der Waals surface area contributed by atoms with Crippen LogP contribution in [0.2, 0.25) is 0 Å². The summed E-state index contributed by atoms with van der Waals surface area (Å²) in [6.45, 7) is 2.20. The molecule has 2 heterocycles. The summed E-state index contributed by atoms with van der Waals surface area (Å²) in [7, 11) is 0. The van der Waals surface area contributed by atoms with Gasteiger partial charge in [0.15, 0.2) is 0 Å². The van der Waals surface area contributed by atoms with E-state index in [1.165, 1.54) is 0 Å². The van der Waals surface area contributed by atoms with Gasteiger partial charge in [-0.25, -0.2) is 0 Å². The van der Waals surface area contributed by atoms with Gasteiger partial charge in [-0.05, 0) is 25.1 Å². The maximum atomic E-state index is 10.7. The molecule has 76 valence electrons. The van der Waals surface area contributed by atoms with Gasteiger partial charge in [-0.15, -0.1) is 0 Å². The van der Waals surface area contributed by atoms with Crippen LogP contribution in [0.5, 0.6) is 0 Å². The highest BCUT2D eigenvalue weighted by Gasteiger charge is 2.27. The SMILES string of the molecule is O=C(O)[C@@H]1CCN(Cc2ccco2)C1. The van der Waals surface area contributed by atoms with E-state index in [9.17, 15) is 4.79 Å².